The van der Waals surface area contributed by atoms with E-state index in [1.807, 2.05) is 12.3 Å². The van der Waals surface area contributed by atoms with Gasteiger partial charge in [0.25, 0.3) is 5.82 Å². The van der Waals surface area contributed by atoms with E-state index in [-0.39, 0.29) is 5.82 Å². The fourth-order valence-electron chi connectivity index (χ4n) is 0.540. The van der Waals surface area contributed by atoms with E-state index in [9.17, 15) is 0 Å². The number of hydrogen-bond donors (Lipinski definition) is 0. The molecule has 52 valence electrons. The highest BCUT2D eigenvalue weighted by Gasteiger charge is 1.95. The first-order valence-electron chi connectivity index (χ1n) is 2.65. The van der Waals surface area contributed by atoms with Gasteiger partial charge in [0.2, 0.25) is 0 Å². The molecule has 0 amide bonds. The second kappa shape index (κ2) is 3.22. The van der Waals surface area contributed by atoms with Crippen molar-refractivity contribution in [2.45, 2.75) is 5.88 Å². The smallest absolute Gasteiger partial charge is 0.242 e. The van der Waals surface area contributed by atoms with Gasteiger partial charge in [0.15, 0.2) is 0 Å². The van der Waals surface area contributed by atoms with Gasteiger partial charge < -0.3 is 0 Å². The Morgan fingerprint density at radius 3 is 3.20 bits per heavy atom. The van der Waals surface area contributed by atoms with Crippen molar-refractivity contribution in [1.82, 2.24) is 14.8 Å². The molecule has 0 unspecified atom stereocenters. The van der Waals surface area contributed by atoms with Crippen LogP contribution in [-0.4, -0.2) is 21.0 Å². The lowest BCUT2D eigenvalue weighted by Gasteiger charge is -1.91. The molecule has 5 heteroatoms. The third kappa shape index (κ3) is 1.48. The third-order valence-corrected chi connectivity index (χ3v) is 1.42. The molecule has 0 aliphatic carbocycles. The first-order valence-corrected chi connectivity index (χ1v) is 4.04. The minimum Gasteiger partial charge on any atom is -0.242 e. The van der Waals surface area contributed by atoms with Gasteiger partial charge in [-0.3, -0.25) is 0 Å². The number of aromatic nitrogens is 3. The van der Waals surface area contributed by atoms with Crippen molar-refractivity contribution in [3.63, 3.8) is 0 Å². The number of thioether (sulfide) groups is 1. The van der Waals surface area contributed by atoms with Crippen LogP contribution in [0.2, 0.25) is 0 Å². The van der Waals surface area contributed by atoms with Gasteiger partial charge in [-0.1, -0.05) is 0 Å². The zero-order valence-electron chi connectivity index (χ0n) is 5.48. The van der Waals surface area contributed by atoms with Gasteiger partial charge in [0, 0.05) is 0 Å². The van der Waals surface area contributed by atoms with Crippen molar-refractivity contribution in [2.24, 2.45) is 0 Å². The Morgan fingerprint density at radius 1 is 1.90 bits per heavy atom. The fourth-order valence-corrected chi connectivity index (χ4v) is 0.929. The first-order chi connectivity index (χ1) is 4.86. The third-order valence-electron chi connectivity index (χ3n) is 0.898. The van der Waals surface area contributed by atoms with E-state index in [0.717, 1.165) is 5.88 Å². The summed E-state index contributed by atoms with van der Waals surface area (Å²) in [5.41, 5.74) is 0. The van der Waals surface area contributed by atoms with Crippen molar-refractivity contribution in [1.29, 1.82) is 5.26 Å². The van der Waals surface area contributed by atoms with Crippen LogP contribution in [0.4, 0.5) is 0 Å². The zero-order valence-corrected chi connectivity index (χ0v) is 6.30. The maximum atomic E-state index is 8.32. The summed E-state index contributed by atoms with van der Waals surface area (Å²) in [4.78, 5) is 3.73. The van der Waals surface area contributed by atoms with Crippen LogP contribution in [0.15, 0.2) is 6.33 Å². The second-order valence-electron chi connectivity index (χ2n) is 1.64. The molecule has 0 aliphatic rings. The molecule has 0 saturated carbocycles. The Labute approximate surface area is 62.9 Å². The molecule has 0 N–H and O–H groups in total. The molecule has 1 rings (SSSR count). The molecule has 0 aromatic carbocycles. The molecule has 0 atom stereocenters. The normalized spacial score (nSPS) is 9.20. The summed E-state index contributed by atoms with van der Waals surface area (Å²) in [6.07, 6.45) is 3.52. The van der Waals surface area contributed by atoms with E-state index >= 15 is 0 Å². The average Bonchev–Trinajstić information content (AvgIpc) is 2.37. The van der Waals surface area contributed by atoms with E-state index < -0.39 is 0 Å². The molecule has 0 radical (unpaired) electrons. The van der Waals surface area contributed by atoms with E-state index in [1.54, 1.807) is 22.8 Å². The molecule has 0 bridgehead atoms. The van der Waals surface area contributed by atoms with Crippen LogP contribution < -0.4 is 0 Å². The van der Waals surface area contributed by atoms with Crippen molar-refractivity contribution >= 4 is 11.8 Å². The molecule has 0 fully saturated rings. The van der Waals surface area contributed by atoms with Crippen LogP contribution in [0, 0.1) is 11.3 Å². The second-order valence-corrected chi connectivity index (χ2v) is 2.47. The average molecular weight is 154 g/mol. The molecule has 1 aromatic heterocycles. The number of rotatable bonds is 2. The van der Waals surface area contributed by atoms with E-state index in [0.29, 0.717) is 0 Å². The Morgan fingerprint density at radius 2 is 2.70 bits per heavy atom. The first kappa shape index (κ1) is 7.09. The van der Waals surface area contributed by atoms with Gasteiger partial charge in [-0.15, -0.1) is 16.9 Å². The summed E-state index contributed by atoms with van der Waals surface area (Å²) in [6.45, 7) is 0. The standard InChI is InChI=1S/C5H6N4S/c1-10-4-9-3-7-5(2-6)8-9/h3H,4H2,1H3. The molecule has 0 saturated heterocycles. The van der Waals surface area contributed by atoms with Gasteiger partial charge in [-0.25, -0.2) is 9.67 Å². The molecule has 10 heavy (non-hydrogen) atoms. The van der Waals surface area contributed by atoms with Gasteiger partial charge in [-0.05, 0) is 6.26 Å². The maximum absolute atomic E-state index is 8.32. The lowest BCUT2D eigenvalue weighted by Crippen LogP contribution is -1.93. The Bertz CT molecular complexity index is 248. The highest BCUT2D eigenvalue weighted by atomic mass is 32.2. The zero-order chi connectivity index (χ0) is 7.40. The molecule has 0 aliphatic heterocycles. The van der Waals surface area contributed by atoms with Crippen molar-refractivity contribution in [2.75, 3.05) is 6.26 Å². The molecule has 4 nitrogen and oxygen atoms in total. The molecule has 0 spiro atoms. The molecule has 1 heterocycles. The highest BCUT2D eigenvalue weighted by molar-refractivity contribution is 7.97. The highest BCUT2D eigenvalue weighted by Crippen LogP contribution is 1.96. The van der Waals surface area contributed by atoms with Crippen LogP contribution in [0.1, 0.15) is 5.82 Å². The van der Waals surface area contributed by atoms with Crippen molar-refractivity contribution < 1.29 is 0 Å². The Hall–Kier alpha value is -1.02. The lowest BCUT2D eigenvalue weighted by atomic mass is 10.7. The van der Waals surface area contributed by atoms with Crippen molar-refractivity contribution in [3.05, 3.63) is 12.2 Å². The summed E-state index contributed by atoms with van der Waals surface area (Å²) in [5, 5.41) is 12.2. The van der Waals surface area contributed by atoms with E-state index in [4.69, 9.17) is 5.26 Å². The van der Waals surface area contributed by atoms with Crippen LogP contribution in [0.5, 0.6) is 0 Å². The quantitative estimate of drug-likeness (QED) is 0.621. The fraction of sp³-hybridized carbons (Fsp3) is 0.400. The van der Waals surface area contributed by atoms with Gasteiger partial charge in [0.05, 0.1) is 5.88 Å². The molecular weight excluding hydrogens is 148 g/mol. The topological polar surface area (TPSA) is 54.5 Å². The molecule has 1 aromatic rings. The van der Waals surface area contributed by atoms with Crippen LogP contribution in [0.25, 0.3) is 0 Å². The lowest BCUT2D eigenvalue weighted by molar-refractivity contribution is 0.746. The van der Waals surface area contributed by atoms with Gasteiger partial charge >= 0.3 is 0 Å². The molecular formula is C5H6N4S. The number of nitriles is 1. The SMILES string of the molecule is CSCn1cnc(C#N)n1. The Kier molecular flexibility index (Phi) is 2.29. The summed E-state index contributed by atoms with van der Waals surface area (Å²) in [7, 11) is 0. The predicted octanol–water partition coefficient (Wildman–Crippen LogP) is 0.470. The summed E-state index contributed by atoms with van der Waals surface area (Å²) < 4.78 is 1.63. The van der Waals surface area contributed by atoms with E-state index in [1.165, 1.54) is 0 Å². The summed E-state index contributed by atoms with van der Waals surface area (Å²) in [6, 6.07) is 1.85. The van der Waals surface area contributed by atoms with Crippen molar-refractivity contribution in [3.8, 4) is 6.07 Å². The largest absolute Gasteiger partial charge is 0.252 e. The Balaban J connectivity index is 2.71. The summed E-state index contributed by atoms with van der Waals surface area (Å²) in [5.74, 6) is 0.975. The summed E-state index contributed by atoms with van der Waals surface area (Å²) >= 11 is 1.63. The van der Waals surface area contributed by atoms with E-state index in [2.05, 4.69) is 10.1 Å². The van der Waals surface area contributed by atoms with Crippen LogP contribution in [-0.2, 0) is 5.88 Å². The maximum Gasteiger partial charge on any atom is 0.252 e. The minimum absolute atomic E-state index is 0.231. The van der Waals surface area contributed by atoms with Crippen LogP contribution >= 0.6 is 11.8 Å². The monoisotopic (exact) mass is 154 g/mol. The number of hydrogen-bond acceptors (Lipinski definition) is 4. The van der Waals surface area contributed by atoms with Gasteiger partial charge in [-0.2, -0.15) is 5.26 Å². The van der Waals surface area contributed by atoms with Gasteiger partial charge in [0.1, 0.15) is 12.4 Å². The minimum atomic E-state index is 0.231. The van der Waals surface area contributed by atoms with Crippen LogP contribution in [0.3, 0.4) is 0 Å². The predicted molar refractivity (Wildman–Crippen MR) is 38.3 cm³/mol. The number of nitrogens with zero attached hydrogens (tertiary/aromatic N) is 4.